The summed E-state index contributed by atoms with van der Waals surface area (Å²) in [6.07, 6.45) is 0. The topological polar surface area (TPSA) is 120 Å². The Hall–Kier alpha value is 0.675. The Balaban J connectivity index is -0.00000000114. The second-order valence-electron chi connectivity index (χ2n) is 0. The zero-order chi connectivity index (χ0) is 4.00. The maximum absolute atomic E-state index is 7.75. The van der Waals surface area contributed by atoms with Gasteiger partial charge in [0.25, 0.3) is 0 Å². The van der Waals surface area contributed by atoms with Crippen LogP contribution in [0.3, 0.4) is 0 Å². The van der Waals surface area contributed by atoms with E-state index in [4.69, 9.17) is 9.41 Å². The molecular weight excluding hydrogens is 156 g/mol. The third kappa shape index (κ3) is 849. The molecule has 0 unspecified atom stereocenters. The van der Waals surface area contributed by atoms with E-state index in [0.29, 0.717) is 0 Å². The predicted molar refractivity (Wildman–Crippen MR) is 26.4 cm³/mol. The molecule has 0 aliphatic heterocycles. The van der Waals surface area contributed by atoms with Crippen molar-refractivity contribution in [2.45, 2.75) is 0 Å². The molecule has 0 fully saturated rings. The molecule has 0 rings (SSSR count). The molecule has 0 atom stereocenters. The molecule has 0 aliphatic carbocycles. The number of hydrogen-bond acceptors (Lipinski definition) is 2. The van der Waals surface area contributed by atoms with E-state index in [1.54, 1.807) is 0 Å². The number of hydrogen-bond donors (Lipinski definition) is 0. The average molecular weight is 156 g/mol. The van der Waals surface area contributed by atoms with Crippen molar-refractivity contribution in [3.05, 3.63) is 0 Å². The summed E-state index contributed by atoms with van der Waals surface area (Å²) >= 11 is 0. The van der Waals surface area contributed by atoms with Crippen LogP contribution in [0, 0.1) is 0 Å². The van der Waals surface area contributed by atoms with Gasteiger partial charge in [-0.05, 0) is 0 Å². The first-order valence-electron chi connectivity index (χ1n) is 0.471. The monoisotopic (exact) mass is 156 g/mol. The van der Waals surface area contributed by atoms with Gasteiger partial charge in [0.2, 0.25) is 0 Å². The Bertz CT molecular complexity index is 14.9. The smallest absolute Gasteiger partial charge is 2.00 e. The Morgan fingerprint density at radius 1 is 0.556 bits per heavy atom. The van der Waals surface area contributed by atoms with Crippen LogP contribution >= 0.6 is 0 Å². The minimum Gasteiger partial charge on any atom is -2.00 e. The van der Waals surface area contributed by atoms with Gasteiger partial charge in [-0.15, -0.1) is 0 Å². The maximum Gasteiger partial charge on any atom is -2.00 e. The maximum atomic E-state index is 7.75. The van der Waals surface area contributed by atoms with Gasteiger partial charge in [-0.25, -0.2) is 0 Å². The molecule has 0 aromatic carbocycles. The van der Waals surface area contributed by atoms with Gasteiger partial charge in [-0.1, -0.05) is 0 Å². The van der Waals surface area contributed by atoms with Crippen LogP contribution in [0.25, 0.3) is 0 Å². The van der Waals surface area contributed by atoms with Gasteiger partial charge in [0.05, 0.1) is 0 Å². The molecule has 0 spiro atoms. The molecule has 42 valence electrons. The summed E-state index contributed by atoms with van der Waals surface area (Å²) in [5.41, 5.74) is 0. The molecule has 0 heterocycles. The van der Waals surface area contributed by atoms with Crippen molar-refractivity contribution < 1.29 is 25.8 Å². The van der Waals surface area contributed by atoms with Crippen LogP contribution in [0.15, 0.2) is 0 Å². The Kier molecular flexibility index (Phi) is 12700. The first-order chi connectivity index (χ1) is 2.00. The normalized spacial score (nSPS) is 0.667. The first kappa shape index (κ1) is 102. The van der Waals surface area contributed by atoms with Crippen molar-refractivity contribution in [1.29, 1.82) is 0 Å². The molecule has 0 N–H and O–H groups in total. The second-order valence-corrected chi connectivity index (χ2v) is 0. The van der Waals surface area contributed by atoms with E-state index in [2.05, 4.69) is 15.4 Å². The minimum atomic E-state index is 0. The minimum absolute atomic E-state index is 0. The summed E-state index contributed by atoms with van der Waals surface area (Å²) in [5.74, 6) is 0. The van der Waals surface area contributed by atoms with Crippen LogP contribution in [0.4, 0.5) is 0 Å². The molecule has 0 amide bonds. The summed E-state index contributed by atoms with van der Waals surface area (Å²) < 4.78 is 15.5. The fraction of sp³-hybridized carbons (Fsp3) is 0. The summed E-state index contributed by atoms with van der Waals surface area (Å²) in [5, 5.41) is 0. The molecule has 0 aromatic rings. The summed E-state index contributed by atoms with van der Waals surface area (Å²) in [4.78, 5) is 0. The zero-order valence-corrected chi connectivity index (χ0v) is 6.66. The van der Waals surface area contributed by atoms with E-state index >= 15 is 0 Å². The van der Waals surface area contributed by atoms with Crippen molar-refractivity contribution in [1.82, 2.24) is 0 Å². The van der Waals surface area contributed by atoms with E-state index in [0.717, 1.165) is 0 Å². The fourth-order valence-corrected chi connectivity index (χ4v) is 0. The van der Waals surface area contributed by atoms with Crippen LogP contribution in [-0.2, 0) is 25.8 Å². The molecule has 0 aromatic heterocycles. The summed E-state index contributed by atoms with van der Waals surface area (Å²) in [6, 6.07) is 0. The van der Waals surface area contributed by atoms with E-state index in [-0.39, 0.29) is 51.2 Å². The van der Waals surface area contributed by atoms with Crippen LogP contribution in [0.1, 0.15) is 0 Å². The zero-order valence-electron chi connectivity index (χ0n) is 4.35. The molecule has 9 heavy (non-hydrogen) atoms. The molecular formula is Al2B2O5. The van der Waals surface area contributed by atoms with Crippen LogP contribution < -0.4 is 0 Å². The molecule has 2 radical (unpaired) electrons. The van der Waals surface area contributed by atoms with Crippen molar-refractivity contribution in [3.63, 3.8) is 0 Å². The molecule has 0 bridgehead atoms. The van der Waals surface area contributed by atoms with E-state index < -0.39 is 0 Å². The third-order valence-electron chi connectivity index (χ3n) is 0. The van der Waals surface area contributed by atoms with Crippen molar-refractivity contribution >= 4 is 50.2 Å². The van der Waals surface area contributed by atoms with Crippen molar-refractivity contribution in [2.75, 3.05) is 0 Å². The van der Waals surface area contributed by atoms with Crippen molar-refractivity contribution in [3.8, 4) is 0 Å². The van der Waals surface area contributed by atoms with Gasteiger partial charge in [0, 0.05) is 0 Å². The quantitative estimate of drug-likeness (QED) is 0.372. The largest absolute Gasteiger partial charge is 2.00 e. The Morgan fingerprint density at radius 2 is 0.556 bits per heavy atom. The van der Waals surface area contributed by atoms with E-state index in [9.17, 15) is 0 Å². The molecule has 9 heteroatoms. The third-order valence-corrected chi connectivity index (χ3v) is 0. The van der Waals surface area contributed by atoms with Crippen LogP contribution in [-0.4, -0.2) is 50.2 Å². The van der Waals surface area contributed by atoms with Crippen LogP contribution in [0.5, 0.6) is 0 Å². The molecule has 0 saturated carbocycles. The first-order valence-corrected chi connectivity index (χ1v) is 0.471. The average Bonchev–Trinajstić information content (AvgIpc) is 1.50. The molecule has 0 saturated heterocycles. The van der Waals surface area contributed by atoms with Gasteiger partial charge in [-0.2, -0.15) is 0 Å². The summed E-state index contributed by atoms with van der Waals surface area (Å²) in [6.45, 7) is 0. The second kappa shape index (κ2) is 1120. The standard InChI is InChI=1S/2Al.2BO.3O/c;;2*1-2;;;/q2*+3;;;3*-2. The molecule has 0 aliphatic rings. The predicted octanol–water partition coefficient (Wildman–Crippen LogP) is -2.12. The Morgan fingerprint density at radius 3 is 0.556 bits per heavy atom. The fourth-order valence-electron chi connectivity index (χ4n) is 0. The number of rotatable bonds is 0. The van der Waals surface area contributed by atoms with Crippen molar-refractivity contribution in [2.24, 2.45) is 0 Å². The SMILES string of the molecule is [Al+3].[Al+3].[B]=O.[B]=O.[O-2].[O-2].[O-2]. The van der Waals surface area contributed by atoms with Gasteiger partial charge in [0.1, 0.15) is 0 Å². The van der Waals surface area contributed by atoms with E-state index in [1.807, 2.05) is 0 Å². The van der Waals surface area contributed by atoms with Gasteiger partial charge < -0.3 is 16.4 Å². The Labute approximate surface area is 76.2 Å². The van der Waals surface area contributed by atoms with Gasteiger partial charge in [0.15, 0.2) is 0 Å². The summed E-state index contributed by atoms with van der Waals surface area (Å²) in [7, 11) is 6.50. The van der Waals surface area contributed by atoms with Gasteiger partial charge >= 0.3 is 59.6 Å². The van der Waals surface area contributed by atoms with E-state index in [1.165, 1.54) is 0 Å². The molecule has 5 nitrogen and oxygen atoms in total. The van der Waals surface area contributed by atoms with Gasteiger partial charge in [-0.3, -0.25) is 0 Å². The van der Waals surface area contributed by atoms with Crippen LogP contribution in [0.2, 0.25) is 0 Å².